The Bertz CT molecular complexity index is 1120. The first-order chi connectivity index (χ1) is 16.1. The molecular weight excluding hydrogens is 439 g/mol. The molecule has 1 aliphatic rings. The number of halogens is 1. The molecule has 1 aliphatic heterocycles. The lowest BCUT2D eigenvalue weighted by Gasteiger charge is -2.34. The molecule has 0 unspecified atom stereocenters. The van der Waals surface area contributed by atoms with Crippen LogP contribution in [0.3, 0.4) is 0 Å². The number of carbonyl (C=O) groups excluding carboxylic acids is 2. The van der Waals surface area contributed by atoms with Crippen LogP contribution < -0.4 is 5.32 Å². The molecule has 0 radical (unpaired) electrons. The Morgan fingerprint density at radius 1 is 1.03 bits per heavy atom. The minimum atomic E-state index is -0.586. The lowest BCUT2D eigenvalue weighted by atomic mass is 10.2. The number of carbonyl (C=O) groups is 2. The van der Waals surface area contributed by atoms with Crippen molar-refractivity contribution in [1.82, 2.24) is 14.8 Å². The van der Waals surface area contributed by atoms with Crippen molar-refractivity contribution < 1.29 is 14.0 Å². The predicted molar refractivity (Wildman–Crippen MR) is 129 cm³/mol. The zero-order valence-corrected chi connectivity index (χ0v) is 18.9. The van der Waals surface area contributed by atoms with E-state index < -0.39 is 11.7 Å². The molecule has 1 N–H and O–H groups in total. The van der Waals surface area contributed by atoms with Gasteiger partial charge in [-0.05, 0) is 17.7 Å². The van der Waals surface area contributed by atoms with Gasteiger partial charge in [0.1, 0.15) is 5.82 Å². The largest absolute Gasteiger partial charge is 0.340 e. The van der Waals surface area contributed by atoms with Gasteiger partial charge in [-0.1, -0.05) is 54.6 Å². The molecule has 33 heavy (non-hydrogen) atoms. The third kappa shape index (κ3) is 6.34. The van der Waals surface area contributed by atoms with Gasteiger partial charge in [0.2, 0.25) is 5.91 Å². The van der Waals surface area contributed by atoms with Crippen LogP contribution in [0.1, 0.15) is 21.6 Å². The number of hydrogen-bond acceptors (Lipinski definition) is 5. The highest BCUT2D eigenvalue weighted by Crippen LogP contribution is 2.18. The van der Waals surface area contributed by atoms with Crippen molar-refractivity contribution in [2.45, 2.75) is 6.42 Å². The van der Waals surface area contributed by atoms with Gasteiger partial charge in [-0.25, -0.2) is 9.37 Å². The van der Waals surface area contributed by atoms with E-state index in [1.807, 2.05) is 23.1 Å². The number of nitrogens with one attached hydrogen (secondary N) is 1. The Morgan fingerprint density at radius 2 is 1.76 bits per heavy atom. The maximum atomic E-state index is 13.8. The summed E-state index contributed by atoms with van der Waals surface area (Å²) < 4.78 is 13.8. The molecular formula is C25H25FN4O2S. The summed E-state index contributed by atoms with van der Waals surface area (Å²) >= 11 is 1.22. The highest BCUT2D eigenvalue weighted by Gasteiger charge is 2.21. The second kappa shape index (κ2) is 11.0. The van der Waals surface area contributed by atoms with E-state index in [0.29, 0.717) is 23.9 Å². The maximum Gasteiger partial charge on any atom is 0.260 e. The zero-order valence-electron chi connectivity index (χ0n) is 18.1. The molecule has 2 aromatic carbocycles. The Kier molecular flexibility index (Phi) is 7.59. The van der Waals surface area contributed by atoms with Crippen molar-refractivity contribution in [2.24, 2.45) is 0 Å². The second-order valence-electron chi connectivity index (χ2n) is 7.75. The maximum absolute atomic E-state index is 13.8. The first kappa shape index (κ1) is 22.8. The lowest BCUT2D eigenvalue weighted by Crippen LogP contribution is -2.49. The average Bonchev–Trinajstić information content (AvgIpc) is 3.27. The molecule has 0 saturated carbocycles. The molecule has 2 heterocycles. The van der Waals surface area contributed by atoms with Crippen LogP contribution in [0.25, 0.3) is 6.08 Å². The van der Waals surface area contributed by atoms with Gasteiger partial charge in [-0.15, -0.1) is 11.3 Å². The van der Waals surface area contributed by atoms with Gasteiger partial charge in [-0.2, -0.15) is 0 Å². The van der Waals surface area contributed by atoms with Crippen molar-refractivity contribution in [1.29, 1.82) is 0 Å². The first-order valence-corrected chi connectivity index (χ1v) is 11.7. The van der Waals surface area contributed by atoms with Crippen LogP contribution in [0, 0.1) is 5.82 Å². The minimum Gasteiger partial charge on any atom is -0.340 e. The van der Waals surface area contributed by atoms with Crippen LogP contribution in [0.2, 0.25) is 0 Å². The number of anilines is 1. The standard InChI is InChI=1S/C25H25FN4O2S/c26-22-11-5-4-10-21(22)24(32)28-25-27-20(18-33-25)17-23(31)30-15-13-29(14-16-30)12-6-9-19-7-2-1-3-8-19/h1-11,18H,12-17H2,(H,27,28,32)/b9-6+. The van der Waals surface area contributed by atoms with Gasteiger partial charge in [0, 0.05) is 38.1 Å². The molecule has 0 bridgehead atoms. The molecule has 2 amide bonds. The summed E-state index contributed by atoms with van der Waals surface area (Å²) in [7, 11) is 0. The molecule has 8 heteroatoms. The molecule has 1 saturated heterocycles. The first-order valence-electron chi connectivity index (χ1n) is 10.8. The van der Waals surface area contributed by atoms with Crippen LogP contribution in [0.15, 0.2) is 66.1 Å². The van der Waals surface area contributed by atoms with Crippen molar-refractivity contribution in [3.8, 4) is 0 Å². The van der Waals surface area contributed by atoms with E-state index in [4.69, 9.17) is 0 Å². The SMILES string of the molecule is O=C(Nc1nc(CC(=O)N2CCN(C/C=C/c3ccccc3)CC2)cs1)c1ccccc1F. The Labute approximate surface area is 196 Å². The fourth-order valence-corrected chi connectivity index (χ4v) is 4.31. The normalized spacial score (nSPS) is 14.5. The highest BCUT2D eigenvalue weighted by atomic mass is 32.1. The van der Waals surface area contributed by atoms with Gasteiger partial charge in [0.05, 0.1) is 17.7 Å². The summed E-state index contributed by atoms with van der Waals surface area (Å²) in [6.45, 7) is 3.86. The fraction of sp³-hybridized carbons (Fsp3) is 0.240. The summed E-state index contributed by atoms with van der Waals surface area (Å²) in [4.78, 5) is 33.4. The van der Waals surface area contributed by atoms with E-state index in [2.05, 4.69) is 39.5 Å². The van der Waals surface area contributed by atoms with Crippen LogP contribution in [-0.2, 0) is 11.2 Å². The molecule has 4 rings (SSSR count). The van der Waals surface area contributed by atoms with E-state index in [-0.39, 0.29) is 17.9 Å². The number of piperazine rings is 1. The topological polar surface area (TPSA) is 65.5 Å². The Balaban J connectivity index is 1.22. The Morgan fingerprint density at radius 3 is 2.52 bits per heavy atom. The van der Waals surface area contributed by atoms with E-state index >= 15 is 0 Å². The van der Waals surface area contributed by atoms with Crippen molar-refractivity contribution in [2.75, 3.05) is 38.0 Å². The third-order valence-corrected chi connectivity index (χ3v) is 6.23. The summed E-state index contributed by atoms with van der Waals surface area (Å²) in [5.74, 6) is -1.12. The van der Waals surface area contributed by atoms with Gasteiger partial charge in [0.25, 0.3) is 5.91 Å². The highest BCUT2D eigenvalue weighted by molar-refractivity contribution is 7.14. The smallest absolute Gasteiger partial charge is 0.260 e. The lowest BCUT2D eigenvalue weighted by molar-refractivity contribution is -0.132. The molecule has 6 nitrogen and oxygen atoms in total. The number of hydrogen-bond donors (Lipinski definition) is 1. The van der Waals surface area contributed by atoms with Crippen molar-refractivity contribution in [3.63, 3.8) is 0 Å². The summed E-state index contributed by atoms with van der Waals surface area (Å²) in [5, 5.41) is 4.70. The summed E-state index contributed by atoms with van der Waals surface area (Å²) in [6, 6.07) is 16.0. The van der Waals surface area contributed by atoms with Gasteiger partial charge >= 0.3 is 0 Å². The average molecular weight is 465 g/mol. The molecule has 1 aromatic heterocycles. The van der Waals surface area contributed by atoms with Crippen molar-refractivity contribution in [3.05, 3.63) is 88.7 Å². The molecule has 0 aliphatic carbocycles. The summed E-state index contributed by atoms with van der Waals surface area (Å²) in [6.07, 6.45) is 4.45. The van der Waals surface area contributed by atoms with Crippen LogP contribution >= 0.6 is 11.3 Å². The van der Waals surface area contributed by atoms with Gasteiger partial charge in [0.15, 0.2) is 5.13 Å². The number of thiazole rings is 1. The Hall–Kier alpha value is -3.36. The van der Waals surface area contributed by atoms with Gasteiger partial charge < -0.3 is 4.90 Å². The molecule has 0 spiro atoms. The molecule has 1 fully saturated rings. The van der Waals surface area contributed by atoms with E-state index in [9.17, 15) is 14.0 Å². The van der Waals surface area contributed by atoms with Gasteiger partial charge in [-0.3, -0.25) is 19.8 Å². The number of aromatic nitrogens is 1. The van der Waals surface area contributed by atoms with Crippen LogP contribution in [0.5, 0.6) is 0 Å². The van der Waals surface area contributed by atoms with Crippen LogP contribution in [-0.4, -0.2) is 59.3 Å². The number of amides is 2. The zero-order chi connectivity index (χ0) is 23.0. The van der Waals surface area contributed by atoms with E-state index in [1.54, 1.807) is 11.4 Å². The van der Waals surface area contributed by atoms with E-state index in [0.717, 1.165) is 19.6 Å². The number of nitrogens with zero attached hydrogens (tertiary/aromatic N) is 3. The molecule has 3 aromatic rings. The monoisotopic (exact) mass is 464 g/mol. The van der Waals surface area contributed by atoms with Crippen LogP contribution in [0.4, 0.5) is 9.52 Å². The summed E-state index contributed by atoms with van der Waals surface area (Å²) in [5.41, 5.74) is 1.74. The quantitative estimate of drug-likeness (QED) is 0.575. The molecule has 0 atom stereocenters. The predicted octanol–water partition coefficient (Wildman–Crippen LogP) is 3.93. The second-order valence-corrected chi connectivity index (χ2v) is 8.61. The number of rotatable bonds is 7. The van der Waals surface area contributed by atoms with Crippen molar-refractivity contribution >= 4 is 34.4 Å². The van der Waals surface area contributed by atoms with E-state index in [1.165, 1.54) is 35.1 Å². The third-order valence-electron chi connectivity index (χ3n) is 5.42. The molecule has 170 valence electrons. The minimum absolute atomic E-state index is 0.0201. The fourth-order valence-electron chi connectivity index (χ4n) is 3.60. The number of benzene rings is 2.